The molecule has 1 atom stereocenters. The van der Waals surface area contributed by atoms with Gasteiger partial charge < -0.3 is 9.47 Å². The molecule has 3 aromatic heterocycles. The van der Waals surface area contributed by atoms with Crippen molar-refractivity contribution in [2.24, 2.45) is 0 Å². The molecule has 1 aliphatic heterocycles. The van der Waals surface area contributed by atoms with Gasteiger partial charge in [-0.05, 0) is 24.3 Å². The van der Waals surface area contributed by atoms with Crippen molar-refractivity contribution < 1.29 is 0 Å². The summed E-state index contributed by atoms with van der Waals surface area (Å²) in [4.78, 5) is 16.5. The van der Waals surface area contributed by atoms with Gasteiger partial charge in [-0.1, -0.05) is 0 Å². The first-order chi connectivity index (χ1) is 9.92. The minimum atomic E-state index is 0.488. The Kier molecular flexibility index (Phi) is 2.88. The van der Waals surface area contributed by atoms with Crippen LogP contribution < -0.4 is 4.90 Å². The molecule has 0 spiro atoms. The molecule has 6 heteroatoms. The fourth-order valence-electron chi connectivity index (χ4n) is 2.95. The van der Waals surface area contributed by atoms with Crippen molar-refractivity contribution in [3.05, 3.63) is 36.5 Å². The van der Waals surface area contributed by atoms with E-state index in [1.807, 2.05) is 18.7 Å². The Morgan fingerprint density at radius 3 is 3.25 bits per heavy atom. The Morgan fingerprint density at radius 2 is 2.35 bits per heavy atom. The number of thiophene rings is 1. The summed E-state index contributed by atoms with van der Waals surface area (Å²) in [6.45, 7) is 2.04. The predicted octanol–water partition coefficient (Wildman–Crippen LogP) is 2.56. The zero-order valence-electron chi connectivity index (χ0n) is 11.0. The van der Waals surface area contributed by atoms with E-state index in [2.05, 4.69) is 35.9 Å². The van der Waals surface area contributed by atoms with Gasteiger partial charge in [0.1, 0.15) is 17.0 Å². The van der Waals surface area contributed by atoms with Gasteiger partial charge in [0.05, 0.1) is 11.7 Å². The molecule has 20 heavy (non-hydrogen) atoms. The Morgan fingerprint density at radius 1 is 1.35 bits per heavy atom. The lowest BCUT2D eigenvalue weighted by atomic mass is 10.2. The van der Waals surface area contributed by atoms with Gasteiger partial charge in [0, 0.05) is 31.5 Å². The molecule has 0 radical (unpaired) electrons. The lowest BCUT2D eigenvalue weighted by Gasteiger charge is -2.26. The normalized spacial score (nSPS) is 19.0. The molecular formula is C14H15N5S. The van der Waals surface area contributed by atoms with Crippen LogP contribution >= 0.6 is 11.3 Å². The fourth-order valence-corrected chi connectivity index (χ4v) is 3.68. The number of anilines is 1. The van der Waals surface area contributed by atoms with Crippen LogP contribution in [0.3, 0.4) is 0 Å². The first kappa shape index (κ1) is 11.8. The topological polar surface area (TPSA) is 46.8 Å². The third-order valence-electron chi connectivity index (χ3n) is 3.87. The maximum atomic E-state index is 4.54. The highest BCUT2D eigenvalue weighted by Crippen LogP contribution is 2.32. The highest BCUT2D eigenvalue weighted by Gasteiger charge is 2.27. The van der Waals surface area contributed by atoms with E-state index >= 15 is 0 Å². The van der Waals surface area contributed by atoms with Crippen LogP contribution in [0.25, 0.3) is 10.2 Å². The van der Waals surface area contributed by atoms with Crippen molar-refractivity contribution in [3.63, 3.8) is 0 Å². The molecular weight excluding hydrogens is 270 g/mol. The molecule has 4 heterocycles. The number of aromatic nitrogens is 4. The minimum Gasteiger partial charge on any atom is -0.351 e. The number of nitrogens with zero attached hydrogens (tertiary/aromatic N) is 5. The highest BCUT2D eigenvalue weighted by molar-refractivity contribution is 7.16. The Bertz CT molecular complexity index is 705. The first-order valence-corrected chi connectivity index (χ1v) is 7.70. The Balaban J connectivity index is 1.68. The highest BCUT2D eigenvalue weighted by atomic mass is 32.1. The molecule has 102 valence electrons. The molecule has 1 aliphatic rings. The van der Waals surface area contributed by atoms with Crippen LogP contribution in [0.1, 0.15) is 12.8 Å². The molecule has 5 nitrogen and oxygen atoms in total. The van der Waals surface area contributed by atoms with Gasteiger partial charge in [-0.2, -0.15) is 0 Å². The summed E-state index contributed by atoms with van der Waals surface area (Å²) in [6.07, 6.45) is 9.85. The molecule has 1 saturated heterocycles. The van der Waals surface area contributed by atoms with Crippen LogP contribution in [0.4, 0.5) is 5.82 Å². The van der Waals surface area contributed by atoms with E-state index in [9.17, 15) is 0 Å². The van der Waals surface area contributed by atoms with E-state index in [0.29, 0.717) is 6.04 Å². The SMILES string of the molecule is c1cn(CC2CCCN2c2ncnc3sccc23)cn1. The van der Waals surface area contributed by atoms with Crippen molar-refractivity contribution in [2.45, 2.75) is 25.4 Å². The van der Waals surface area contributed by atoms with Crippen molar-refractivity contribution >= 4 is 27.4 Å². The molecule has 0 amide bonds. The lowest BCUT2D eigenvalue weighted by Crippen LogP contribution is -2.33. The maximum absolute atomic E-state index is 4.54. The number of imidazole rings is 1. The van der Waals surface area contributed by atoms with Crippen molar-refractivity contribution in [1.82, 2.24) is 19.5 Å². The van der Waals surface area contributed by atoms with Gasteiger partial charge >= 0.3 is 0 Å². The summed E-state index contributed by atoms with van der Waals surface area (Å²) in [5.41, 5.74) is 0. The molecule has 1 fully saturated rings. The third-order valence-corrected chi connectivity index (χ3v) is 4.69. The zero-order valence-corrected chi connectivity index (χ0v) is 11.8. The summed E-state index contributed by atoms with van der Waals surface area (Å²) in [6, 6.07) is 2.62. The van der Waals surface area contributed by atoms with Crippen molar-refractivity contribution in [1.29, 1.82) is 0 Å². The minimum absolute atomic E-state index is 0.488. The summed E-state index contributed by atoms with van der Waals surface area (Å²) < 4.78 is 2.15. The van der Waals surface area contributed by atoms with Crippen LogP contribution in [0.2, 0.25) is 0 Å². The van der Waals surface area contributed by atoms with Crippen LogP contribution in [0.15, 0.2) is 36.5 Å². The molecule has 4 rings (SSSR count). The van der Waals surface area contributed by atoms with E-state index in [1.54, 1.807) is 17.7 Å². The smallest absolute Gasteiger partial charge is 0.141 e. The van der Waals surface area contributed by atoms with Crippen molar-refractivity contribution in [3.8, 4) is 0 Å². The second-order valence-electron chi connectivity index (χ2n) is 5.09. The monoisotopic (exact) mass is 285 g/mol. The number of rotatable bonds is 3. The summed E-state index contributed by atoms with van der Waals surface area (Å²) >= 11 is 1.67. The number of hydrogen-bond donors (Lipinski definition) is 0. The summed E-state index contributed by atoms with van der Waals surface area (Å²) in [7, 11) is 0. The lowest BCUT2D eigenvalue weighted by molar-refractivity contribution is 0.548. The zero-order chi connectivity index (χ0) is 13.4. The van der Waals surface area contributed by atoms with E-state index in [1.165, 1.54) is 18.2 Å². The van der Waals surface area contributed by atoms with E-state index < -0.39 is 0 Å². The van der Waals surface area contributed by atoms with Gasteiger partial charge in [0.2, 0.25) is 0 Å². The number of fused-ring (bicyclic) bond motifs is 1. The van der Waals surface area contributed by atoms with E-state index in [4.69, 9.17) is 0 Å². The maximum Gasteiger partial charge on any atom is 0.141 e. The van der Waals surface area contributed by atoms with Gasteiger partial charge in [-0.15, -0.1) is 11.3 Å². The molecule has 0 N–H and O–H groups in total. The summed E-state index contributed by atoms with van der Waals surface area (Å²) in [5, 5.41) is 3.26. The molecule has 0 aliphatic carbocycles. The first-order valence-electron chi connectivity index (χ1n) is 6.82. The standard InChI is InChI=1S/C14H15N5S/c1-2-11(8-18-6-4-15-10-18)19(5-1)13-12-3-7-20-14(12)17-9-16-13/h3-4,6-7,9-11H,1-2,5,8H2. The number of hydrogen-bond acceptors (Lipinski definition) is 5. The van der Waals surface area contributed by atoms with Crippen LogP contribution in [0.5, 0.6) is 0 Å². The second-order valence-corrected chi connectivity index (χ2v) is 5.98. The van der Waals surface area contributed by atoms with Gasteiger partial charge in [0.15, 0.2) is 0 Å². The van der Waals surface area contributed by atoms with Crippen LogP contribution in [0, 0.1) is 0 Å². The Labute approximate surface area is 120 Å². The predicted molar refractivity (Wildman–Crippen MR) is 80.0 cm³/mol. The van der Waals surface area contributed by atoms with E-state index in [-0.39, 0.29) is 0 Å². The van der Waals surface area contributed by atoms with Crippen LogP contribution in [-0.2, 0) is 6.54 Å². The molecule has 0 saturated carbocycles. The average Bonchev–Trinajstić information content (AvgIpc) is 3.19. The average molecular weight is 285 g/mol. The Hall–Kier alpha value is -1.95. The molecule has 0 aromatic carbocycles. The molecule has 3 aromatic rings. The van der Waals surface area contributed by atoms with Gasteiger partial charge in [0.25, 0.3) is 0 Å². The molecule has 0 bridgehead atoms. The van der Waals surface area contributed by atoms with Gasteiger partial charge in [-0.25, -0.2) is 15.0 Å². The summed E-state index contributed by atoms with van der Waals surface area (Å²) in [5.74, 6) is 1.08. The largest absolute Gasteiger partial charge is 0.351 e. The van der Waals surface area contributed by atoms with Crippen molar-refractivity contribution in [2.75, 3.05) is 11.4 Å². The fraction of sp³-hybridized carbons (Fsp3) is 0.357. The quantitative estimate of drug-likeness (QED) is 0.742. The van der Waals surface area contributed by atoms with Gasteiger partial charge in [-0.3, -0.25) is 0 Å². The van der Waals surface area contributed by atoms with E-state index in [0.717, 1.165) is 23.7 Å². The second kappa shape index (κ2) is 4.86. The third kappa shape index (κ3) is 1.96. The van der Waals surface area contributed by atoms with Crippen LogP contribution in [-0.4, -0.2) is 32.1 Å². The molecule has 1 unspecified atom stereocenters.